The molecule has 0 aromatic carbocycles. The van der Waals surface area contributed by atoms with E-state index in [1.54, 1.807) is 18.5 Å². The Kier molecular flexibility index (Phi) is 3.85. The fourth-order valence-corrected chi connectivity index (χ4v) is 2.83. The van der Waals surface area contributed by atoms with Crippen LogP contribution in [0.2, 0.25) is 0 Å². The van der Waals surface area contributed by atoms with E-state index in [0.29, 0.717) is 11.6 Å². The zero-order valence-corrected chi connectivity index (χ0v) is 11.4. The minimum Gasteiger partial charge on any atom is -0.472 e. The van der Waals surface area contributed by atoms with E-state index in [0.717, 1.165) is 32.4 Å². The molecular weight excluding hydrogens is 254 g/mol. The third kappa shape index (κ3) is 2.76. The summed E-state index contributed by atoms with van der Waals surface area (Å²) in [6, 6.07) is 3.96. The van der Waals surface area contributed by atoms with Crippen LogP contribution in [0.25, 0.3) is 0 Å². The molecule has 0 aliphatic carbocycles. The van der Waals surface area contributed by atoms with Crippen LogP contribution in [0.4, 0.5) is 0 Å². The molecule has 3 heterocycles. The van der Waals surface area contributed by atoms with Crippen molar-refractivity contribution in [2.45, 2.75) is 38.3 Å². The van der Waals surface area contributed by atoms with E-state index in [9.17, 15) is 4.79 Å². The Morgan fingerprint density at radius 3 is 3.15 bits per heavy atom. The number of furan rings is 1. The van der Waals surface area contributed by atoms with Gasteiger partial charge in [-0.1, -0.05) is 0 Å². The van der Waals surface area contributed by atoms with Crippen LogP contribution in [0.3, 0.4) is 0 Å². The molecule has 2 aromatic heterocycles. The van der Waals surface area contributed by atoms with Crippen LogP contribution < -0.4 is 0 Å². The standard InChI is InChI=1S/C15H19N3O2/c19-15(13-6-11-20-12-13)18-9-2-1-4-14(18)5-10-17-8-3-7-16-17/h3,6-8,11-12,14H,1-2,4-5,9-10H2/t14-/m0/s1. The number of hydrogen-bond acceptors (Lipinski definition) is 3. The van der Waals surface area contributed by atoms with Gasteiger partial charge in [0, 0.05) is 31.5 Å². The Morgan fingerprint density at radius 2 is 2.40 bits per heavy atom. The number of hydrogen-bond donors (Lipinski definition) is 0. The van der Waals surface area contributed by atoms with Gasteiger partial charge in [0.25, 0.3) is 5.91 Å². The van der Waals surface area contributed by atoms with E-state index < -0.39 is 0 Å². The SMILES string of the molecule is O=C(c1ccoc1)N1CCCC[C@H]1CCn1cccn1. The van der Waals surface area contributed by atoms with Gasteiger partial charge in [0.05, 0.1) is 11.8 Å². The van der Waals surface area contributed by atoms with Gasteiger partial charge in [0.1, 0.15) is 6.26 Å². The number of carbonyl (C=O) groups is 1. The van der Waals surface area contributed by atoms with Crippen molar-refractivity contribution in [3.05, 3.63) is 42.6 Å². The Hall–Kier alpha value is -2.04. The highest BCUT2D eigenvalue weighted by molar-refractivity contribution is 5.94. The summed E-state index contributed by atoms with van der Waals surface area (Å²) in [4.78, 5) is 14.5. The molecule has 3 rings (SSSR count). The van der Waals surface area contributed by atoms with E-state index in [-0.39, 0.29) is 5.91 Å². The minimum absolute atomic E-state index is 0.0870. The minimum atomic E-state index is 0.0870. The lowest BCUT2D eigenvalue weighted by Crippen LogP contribution is -2.44. The predicted molar refractivity (Wildman–Crippen MR) is 74.2 cm³/mol. The van der Waals surface area contributed by atoms with Crippen LogP contribution in [-0.4, -0.2) is 33.2 Å². The van der Waals surface area contributed by atoms with Crippen LogP contribution >= 0.6 is 0 Å². The molecule has 0 N–H and O–H groups in total. The van der Waals surface area contributed by atoms with Crippen molar-refractivity contribution in [3.63, 3.8) is 0 Å². The molecule has 5 heteroatoms. The molecule has 0 unspecified atom stereocenters. The lowest BCUT2D eigenvalue weighted by Gasteiger charge is -2.35. The van der Waals surface area contributed by atoms with Crippen molar-refractivity contribution in [1.82, 2.24) is 14.7 Å². The summed E-state index contributed by atoms with van der Waals surface area (Å²) in [5.74, 6) is 0.0870. The second-order valence-corrected chi connectivity index (χ2v) is 5.22. The number of amides is 1. The van der Waals surface area contributed by atoms with Crippen molar-refractivity contribution >= 4 is 5.91 Å². The predicted octanol–water partition coefficient (Wildman–Crippen LogP) is 2.56. The van der Waals surface area contributed by atoms with E-state index in [1.165, 1.54) is 12.7 Å². The Balaban J connectivity index is 1.66. The summed E-state index contributed by atoms with van der Waals surface area (Å²) < 4.78 is 6.94. The average Bonchev–Trinajstić information content (AvgIpc) is 3.18. The normalized spacial score (nSPS) is 19.2. The zero-order valence-electron chi connectivity index (χ0n) is 11.4. The second-order valence-electron chi connectivity index (χ2n) is 5.22. The van der Waals surface area contributed by atoms with Gasteiger partial charge >= 0.3 is 0 Å². The monoisotopic (exact) mass is 273 g/mol. The van der Waals surface area contributed by atoms with Crippen molar-refractivity contribution in [2.75, 3.05) is 6.54 Å². The molecule has 0 bridgehead atoms. The molecule has 106 valence electrons. The fraction of sp³-hybridized carbons (Fsp3) is 0.467. The highest BCUT2D eigenvalue weighted by atomic mass is 16.3. The first-order chi connectivity index (χ1) is 9.84. The Bertz CT molecular complexity index is 533. The van der Waals surface area contributed by atoms with Crippen LogP contribution in [0.5, 0.6) is 0 Å². The largest absolute Gasteiger partial charge is 0.472 e. The third-order valence-corrected chi connectivity index (χ3v) is 3.91. The highest BCUT2D eigenvalue weighted by Crippen LogP contribution is 2.22. The van der Waals surface area contributed by atoms with Gasteiger partial charge in [-0.15, -0.1) is 0 Å². The number of piperidine rings is 1. The van der Waals surface area contributed by atoms with Crippen molar-refractivity contribution in [1.29, 1.82) is 0 Å². The van der Waals surface area contributed by atoms with Crippen LogP contribution in [-0.2, 0) is 6.54 Å². The van der Waals surface area contributed by atoms with E-state index in [2.05, 4.69) is 5.10 Å². The number of carbonyl (C=O) groups excluding carboxylic acids is 1. The first-order valence-electron chi connectivity index (χ1n) is 7.15. The number of rotatable bonds is 4. The summed E-state index contributed by atoms with van der Waals surface area (Å²) in [6.45, 7) is 1.70. The Morgan fingerprint density at radius 1 is 1.45 bits per heavy atom. The van der Waals surface area contributed by atoms with Crippen molar-refractivity contribution in [2.24, 2.45) is 0 Å². The highest BCUT2D eigenvalue weighted by Gasteiger charge is 2.27. The maximum absolute atomic E-state index is 12.5. The molecule has 1 aliphatic heterocycles. The first-order valence-corrected chi connectivity index (χ1v) is 7.15. The quantitative estimate of drug-likeness (QED) is 0.860. The topological polar surface area (TPSA) is 51.3 Å². The van der Waals surface area contributed by atoms with Crippen LogP contribution in [0, 0.1) is 0 Å². The third-order valence-electron chi connectivity index (χ3n) is 3.91. The van der Waals surface area contributed by atoms with Gasteiger partial charge in [0.2, 0.25) is 0 Å². The molecular formula is C15H19N3O2. The molecule has 0 spiro atoms. The molecule has 5 nitrogen and oxygen atoms in total. The summed E-state index contributed by atoms with van der Waals surface area (Å²) in [6.07, 6.45) is 11.1. The lowest BCUT2D eigenvalue weighted by atomic mass is 9.98. The number of aryl methyl sites for hydroxylation is 1. The fourth-order valence-electron chi connectivity index (χ4n) is 2.83. The van der Waals surface area contributed by atoms with Crippen LogP contribution in [0.15, 0.2) is 41.5 Å². The van der Waals surface area contributed by atoms with E-state index in [4.69, 9.17) is 4.42 Å². The smallest absolute Gasteiger partial charge is 0.257 e. The summed E-state index contributed by atoms with van der Waals surface area (Å²) in [5, 5.41) is 4.22. The maximum atomic E-state index is 12.5. The van der Waals surface area contributed by atoms with Crippen molar-refractivity contribution < 1.29 is 9.21 Å². The molecule has 0 saturated carbocycles. The van der Waals surface area contributed by atoms with Gasteiger partial charge < -0.3 is 9.32 Å². The van der Waals surface area contributed by atoms with Gasteiger partial charge in [-0.2, -0.15) is 5.10 Å². The molecule has 0 radical (unpaired) electrons. The van der Waals surface area contributed by atoms with Gasteiger partial charge in [-0.05, 0) is 37.8 Å². The summed E-state index contributed by atoms with van der Waals surface area (Å²) in [5.41, 5.74) is 0.649. The van der Waals surface area contributed by atoms with Gasteiger partial charge in [0.15, 0.2) is 0 Å². The molecule has 1 atom stereocenters. The van der Waals surface area contributed by atoms with Crippen molar-refractivity contribution in [3.8, 4) is 0 Å². The van der Waals surface area contributed by atoms with Gasteiger partial charge in [-0.25, -0.2) is 0 Å². The number of nitrogens with zero attached hydrogens (tertiary/aromatic N) is 3. The lowest BCUT2D eigenvalue weighted by molar-refractivity contribution is 0.0593. The number of aromatic nitrogens is 2. The zero-order chi connectivity index (χ0) is 13.8. The van der Waals surface area contributed by atoms with E-state index >= 15 is 0 Å². The Labute approximate surface area is 118 Å². The van der Waals surface area contributed by atoms with Crippen LogP contribution in [0.1, 0.15) is 36.0 Å². The summed E-state index contributed by atoms with van der Waals surface area (Å²) >= 11 is 0. The molecule has 2 aromatic rings. The first kappa shape index (κ1) is 13.0. The maximum Gasteiger partial charge on any atom is 0.257 e. The molecule has 1 fully saturated rings. The molecule has 1 saturated heterocycles. The van der Waals surface area contributed by atoms with Gasteiger partial charge in [-0.3, -0.25) is 9.48 Å². The number of likely N-dealkylation sites (tertiary alicyclic amines) is 1. The summed E-state index contributed by atoms with van der Waals surface area (Å²) in [7, 11) is 0. The molecule has 20 heavy (non-hydrogen) atoms. The molecule has 1 aliphatic rings. The van der Waals surface area contributed by atoms with E-state index in [1.807, 2.05) is 21.8 Å². The molecule has 1 amide bonds. The second kappa shape index (κ2) is 5.94. The average molecular weight is 273 g/mol.